The van der Waals surface area contributed by atoms with Crippen molar-refractivity contribution in [3.63, 3.8) is 0 Å². The molecule has 1 atom stereocenters. The Morgan fingerprint density at radius 1 is 1.45 bits per heavy atom. The molecule has 0 saturated carbocycles. The lowest BCUT2D eigenvalue weighted by molar-refractivity contribution is -0.132. The van der Waals surface area contributed by atoms with Crippen molar-refractivity contribution in [1.82, 2.24) is 10.2 Å². The predicted octanol–water partition coefficient (Wildman–Crippen LogP) is 2.55. The van der Waals surface area contributed by atoms with E-state index in [9.17, 15) is 9.59 Å². The van der Waals surface area contributed by atoms with Crippen LogP contribution in [0.1, 0.15) is 24.9 Å². The lowest BCUT2D eigenvalue weighted by Crippen LogP contribution is -2.39. The first-order valence-electron chi connectivity index (χ1n) is 6.50. The van der Waals surface area contributed by atoms with Crippen molar-refractivity contribution in [3.8, 4) is 0 Å². The number of halogens is 1. The number of rotatable bonds is 5. The topological polar surface area (TPSA) is 49.4 Å². The number of nitrogens with one attached hydrogen (secondary N) is 1. The lowest BCUT2D eigenvalue weighted by atomic mass is 10.0. The molecule has 0 radical (unpaired) electrons. The second-order valence-electron chi connectivity index (χ2n) is 4.65. The largest absolute Gasteiger partial charge is 0.348 e. The molecule has 1 aromatic rings. The summed E-state index contributed by atoms with van der Waals surface area (Å²) in [6.07, 6.45) is 0.816. The molecule has 0 bridgehead atoms. The van der Waals surface area contributed by atoms with Gasteiger partial charge in [0.2, 0.25) is 11.8 Å². The molecule has 0 aliphatic carbocycles. The zero-order valence-electron chi connectivity index (χ0n) is 11.3. The third kappa shape index (κ3) is 3.99. The van der Waals surface area contributed by atoms with Crippen LogP contribution in [-0.4, -0.2) is 34.9 Å². The van der Waals surface area contributed by atoms with Crippen molar-refractivity contribution in [2.45, 2.75) is 19.4 Å². The molecule has 1 saturated heterocycles. The van der Waals surface area contributed by atoms with Crippen LogP contribution in [0.4, 0.5) is 0 Å². The van der Waals surface area contributed by atoms with Gasteiger partial charge >= 0.3 is 0 Å². The van der Waals surface area contributed by atoms with E-state index >= 15 is 0 Å². The van der Waals surface area contributed by atoms with Crippen molar-refractivity contribution in [2.24, 2.45) is 0 Å². The fourth-order valence-electron chi connectivity index (χ4n) is 2.07. The highest BCUT2D eigenvalue weighted by molar-refractivity contribution is 9.10. The van der Waals surface area contributed by atoms with E-state index in [0.29, 0.717) is 11.6 Å². The zero-order chi connectivity index (χ0) is 14.5. The maximum atomic E-state index is 12.0. The number of hydrogen-bond acceptors (Lipinski definition) is 3. The lowest BCUT2D eigenvalue weighted by Gasteiger charge is -2.20. The molecule has 1 heterocycles. The summed E-state index contributed by atoms with van der Waals surface area (Å²) < 4.78 is 1.02. The molecule has 1 aromatic carbocycles. The van der Waals surface area contributed by atoms with Crippen LogP contribution in [0.15, 0.2) is 28.7 Å². The Labute approximate surface area is 131 Å². The molecule has 1 fully saturated rings. The summed E-state index contributed by atoms with van der Waals surface area (Å²) in [5.41, 5.74) is 1.08. The molecule has 1 aliphatic rings. The van der Waals surface area contributed by atoms with Gasteiger partial charge in [0.05, 0.1) is 17.7 Å². The van der Waals surface area contributed by atoms with E-state index in [1.54, 1.807) is 16.7 Å². The van der Waals surface area contributed by atoms with Gasteiger partial charge in [-0.25, -0.2) is 0 Å². The van der Waals surface area contributed by atoms with Crippen LogP contribution in [0, 0.1) is 0 Å². The molecule has 108 valence electrons. The Hall–Kier alpha value is -1.01. The van der Waals surface area contributed by atoms with Crippen LogP contribution in [0.2, 0.25) is 0 Å². The normalized spacial score (nSPS) is 16.3. The molecular weight excluding hydrogens is 340 g/mol. The summed E-state index contributed by atoms with van der Waals surface area (Å²) in [4.78, 5) is 25.1. The molecule has 1 N–H and O–H groups in total. The first kappa shape index (κ1) is 15.4. The van der Waals surface area contributed by atoms with E-state index < -0.39 is 0 Å². The standard InChI is InChI=1S/C14H17BrN2O2S/c1-2-12(10-3-5-11(15)6-4-10)16-13(18)7-17-9-20-8-14(17)19/h3-6,12H,2,7-9H2,1H3,(H,16,18)/t12-/m1/s1. The molecule has 6 heteroatoms. The molecule has 2 rings (SSSR count). The van der Waals surface area contributed by atoms with Crippen molar-refractivity contribution in [1.29, 1.82) is 0 Å². The molecule has 1 aliphatic heterocycles. The molecule has 0 spiro atoms. The van der Waals surface area contributed by atoms with Gasteiger partial charge in [-0.2, -0.15) is 0 Å². The van der Waals surface area contributed by atoms with Crippen molar-refractivity contribution >= 4 is 39.5 Å². The summed E-state index contributed by atoms with van der Waals surface area (Å²) in [6.45, 7) is 2.18. The number of amides is 2. The van der Waals surface area contributed by atoms with Gasteiger partial charge in [0.25, 0.3) is 0 Å². The third-order valence-corrected chi connectivity index (χ3v) is 4.65. The Kier molecular flexibility index (Phi) is 5.48. The maximum absolute atomic E-state index is 12.0. The quantitative estimate of drug-likeness (QED) is 0.881. The number of hydrogen-bond donors (Lipinski definition) is 1. The van der Waals surface area contributed by atoms with Crippen LogP contribution in [0.5, 0.6) is 0 Å². The van der Waals surface area contributed by atoms with Crippen LogP contribution < -0.4 is 5.32 Å². The van der Waals surface area contributed by atoms with Gasteiger partial charge in [0, 0.05) is 4.47 Å². The minimum absolute atomic E-state index is 0.0130. The first-order chi connectivity index (χ1) is 9.60. The van der Waals surface area contributed by atoms with Gasteiger partial charge < -0.3 is 10.2 Å². The Morgan fingerprint density at radius 2 is 2.15 bits per heavy atom. The van der Waals surface area contributed by atoms with Crippen LogP contribution in [0.25, 0.3) is 0 Å². The predicted molar refractivity (Wildman–Crippen MR) is 84.4 cm³/mol. The molecular formula is C14H17BrN2O2S. The van der Waals surface area contributed by atoms with Gasteiger partial charge in [0.15, 0.2) is 0 Å². The van der Waals surface area contributed by atoms with E-state index in [4.69, 9.17) is 0 Å². The fraction of sp³-hybridized carbons (Fsp3) is 0.429. The number of benzene rings is 1. The summed E-state index contributed by atoms with van der Waals surface area (Å²) in [7, 11) is 0. The average molecular weight is 357 g/mol. The smallest absolute Gasteiger partial charge is 0.240 e. The fourth-order valence-corrected chi connectivity index (χ4v) is 3.24. The zero-order valence-corrected chi connectivity index (χ0v) is 13.7. The average Bonchev–Trinajstić information content (AvgIpc) is 2.83. The molecule has 4 nitrogen and oxygen atoms in total. The molecule has 2 amide bonds. The van der Waals surface area contributed by atoms with Crippen LogP contribution >= 0.6 is 27.7 Å². The highest BCUT2D eigenvalue weighted by atomic mass is 79.9. The van der Waals surface area contributed by atoms with E-state index in [-0.39, 0.29) is 24.4 Å². The van der Waals surface area contributed by atoms with Gasteiger partial charge in [0.1, 0.15) is 6.54 Å². The van der Waals surface area contributed by atoms with E-state index in [2.05, 4.69) is 21.2 Å². The second kappa shape index (κ2) is 7.13. The third-order valence-electron chi connectivity index (χ3n) is 3.18. The minimum Gasteiger partial charge on any atom is -0.348 e. The molecule has 0 aromatic heterocycles. The van der Waals surface area contributed by atoms with Crippen molar-refractivity contribution < 1.29 is 9.59 Å². The Bertz CT molecular complexity index is 492. The molecule has 0 unspecified atom stereocenters. The number of carbonyl (C=O) groups excluding carboxylic acids is 2. The Balaban J connectivity index is 1.94. The van der Waals surface area contributed by atoms with Crippen LogP contribution in [0.3, 0.4) is 0 Å². The number of thioether (sulfide) groups is 1. The second-order valence-corrected chi connectivity index (χ2v) is 6.52. The summed E-state index contributed by atoms with van der Waals surface area (Å²) in [6, 6.07) is 7.90. The van der Waals surface area contributed by atoms with E-state index in [1.807, 2.05) is 31.2 Å². The maximum Gasteiger partial charge on any atom is 0.240 e. The Morgan fingerprint density at radius 3 is 2.70 bits per heavy atom. The summed E-state index contributed by atoms with van der Waals surface area (Å²) in [5, 5.41) is 2.99. The number of nitrogens with zero attached hydrogens (tertiary/aromatic N) is 1. The highest BCUT2D eigenvalue weighted by Crippen LogP contribution is 2.20. The minimum atomic E-state index is -0.101. The van der Waals surface area contributed by atoms with Crippen molar-refractivity contribution in [3.05, 3.63) is 34.3 Å². The van der Waals surface area contributed by atoms with Gasteiger partial charge in [-0.1, -0.05) is 35.0 Å². The monoisotopic (exact) mass is 356 g/mol. The number of carbonyl (C=O) groups is 2. The van der Waals surface area contributed by atoms with E-state index in [1.165, 1.54) is 0 Å². The van der Waals surface area contributed by atoms with E-state index in [0.717, 1.165) is 16.5 Å². The molecule has 20 heavy (non-hydrogen) atoms. The summed E-state index contributed by atoms with van der Waals surface area (Å²) in [5.74, 6) is 1.04. The SMILES string of the molecule is CC[C@@H](NC(=O)CN1CSCC1=O)c1ccc(Br)cc1. The van der Waals surface area contributed by atoms with Gasteiger partial charge in [-0.05, 0) is 24.1 Å². The highest BCUT2D eigenvalue weighted by Gasteiger charge is 2.23. The van der Waals surface area contributed by atoms with Crippen LogP contribution in [-0.2, 0) is 9.59 Å². The van der Waals surface area contributed by atoms with Crippen molar-refractivity contribution in [2.75, 3.05) is 18.2 Å². The first-order valence-corrected chi connectivity index (χ1v) is 8.45. The van der Waals surface area contributed by atoms with Gasteiger partial charge in [-0.3, -0.25) is 9.59 Å². The summed E-state index contributed by atoms with van der Waals surface area (Å²) >= 11 is 4.94. The van der Waals surface area contributed by atoms with Gasteiger partial charge in [-0.15, -0.1) is 11.8 Å².